The Kier molecular flexibility index (Phi) is 4.75. The molecule has 3 heterocycles. The maximum Gasteiger partial charge on any atom is 0.346 e. The van der Waals surface area contributed by atoms with Crippen LogP contribution in [0.25, 0.3) is 0 Å². The molecule has 2 saturated heterocycles. The zero-order valence-electron chi connectivity index (χ0n) is 12.7. The number of carbonyl (C=O) groups is 1. The summed E-state index contributed by atoms with van der Waals surface area (Å²) in [6.07, 6.45) is 7.36. The molecule has 1 aromatic heterocycles. The Morgan fingerprint density at radius 1 is 1.15 bits per heavy atom. The Morgan fingerprint density at radius 2 is 1.90 bits per heavy atom. The molecule has 1 spiro atoms. The van der Waals surface area contributed by atoms with E-state index in [1.54, 1.807) is 0 Å². The highest BCUT2D eigenvalue weighted by Gasteiger charge is 2.48. The van der Waals surface area contributed by atoms with Gasteiger partial charge in [-0.25, -0.2) is 9.78 Å². The van der Waals surface area contributed by atoms with E-state index in [0.29, 0.717) is 0 Å². The average Bonchev–Trinajstić information content (AvgIpc) is 2.90. The predicted molar refractivity (Wildman–Crippen MR) is 77.6 cm³/mol. The van der Waals surface area contributed by atoms with E-state index in [4.69, 9.17) is 0 Å². The summed E-state index contributed by atoms with van der Waals surface area (Å²) in [4.78, 5) is 20.5. The number of hydrogen-bond acceptors (Lipinski definition) is 4. The van der Waals surface area contributed by atoms with Crippen LogP contribution in [0.5, 0.6) is 0 Å². The smallest absolute Gasteiger partial charge is 0.317 e. The van der Waals surface area contributed by atoms with Crippen LogP contribution in [0.1, 0.15) is 39.5 Å². The van der Waals surface area contributed by atoms with Crippen LogP contribution in [0.3, 0.4) is 0 Å². The molecule has 1 unspecified atom stereocenters. The zero-order valence-corrected chi connectivity index (χ0v) is 12.7. The molecule has 0 saturated carbocycles. The van der Waals surface area contributed by atoms with Gasteiger partial charge in [-0.3, -0.25) is 0 Å². The first-order chi connectivity index (χ1) is 9.71. The Bertz CT molecular complexity index is 433. The van der Waals surface area contributed by atoms with Gasteiger partial charge in [-0.1, -0.05) is 13.8 Å². The number of aromatic nitrogens is 3. The van der Waals surface area contributed by atoms with Gasteiger partial charge >= 0.3 is 6.03 Å². The fourth-order valence-electron chi connectivity index (χ4n) is 3.10. The second kappa shape index (κ2) is 6.35. The van der Waals surface area contributed by atoms with Gasteiger partial charge < -0.3 is 9.80 Å². The first-order valence-electron chi connectivity index (χ1n) is 7.56. The monoisotopic (exact) mass is 279 g/mol. The molecule has 2 aliphatic heterocycles. The van der Waals surface area contributed by atoms with Crippen molar-refractivity contribution < 1.29 is 4.79 Å². The maximum absolute atomic E-state index is 12.3. The van der Waals surface area contributed by atoms with E-state index in [0.717, 1.165) is 45.3 Å². The summed E-state index contributed by atoms with van der Waals surface area (Å²) >= 11 is 0. The van der Waals surface area contributed by atoms with Crippen LogP contribution in [-0.4, -0.2) is 62.8 Å². The van der Waals surface area contributed by atoms with Crippen LogP contribution < -0.4 is 0 Å². The van der Waals surface area contributed by atoms with Crippen LogP contribution in [0.4, 0.5) is 4.79 Å². The summed E-state index contributed by atoms with van der Waals surface area (Å²) in [5.74, 6) is 0. The Morgan fingerprint density at radius 3 is 2.50 bits per heavy atom. The molecule has 1 aromatic rings. The Labute approximate surface area is 120 Å². The van der Waals surface area contributed by atoms with Gasteiger partial charge in [-0.15, -0.1) is 0 Å². The van der Waals surface area contributed by atoms with Gasteiger partial charge in [0.15, 0.2) is 0 Å². The molecule has 20 heavy (non-hydrogen) atoms. The summed E-state index contributed by atoms with van der Waals surface area (Å²) in [6, 6.07) is -0.0247. The maximum atomic E-state index is 12.3. The molecule has 0 radical (unpaired) electrons. The number of rotatable bonds is 0. The van der Waals surface area contributed by atoms with Crippen LogP contribution >= 0.6 is 0 Å². The van der Waals surface area contributed by atoms with Crippen molar-refractivity contribution in [2.45, 2.75) is 45.1 Å². The molecule has 0 aromatic carbocycles. The first-order valence-corrected chi connectivity index (χ1v) is 7.56. The lowest BCUT2D eigenvalue weighted by Gasteiger charge is -2.52. The van der Waals surface area contributed by atoms with Gasteiger partial charge in [0, 0.05) is 18.6 Å². The van der Waals surface area contributed by atoms with E-state index in [2.05, 4.69) is 22.0 Å². The molecule has 0 aliphatic carbocycles. The summed E-state index contributed by atoms with van der Waals surface area (Å²) in [7, 11) is 2.15. The third-order valence-corrected chi connectivity index (χ3v) is 4.36. The highest BCUT2D eigenvalue weighted by atomic mass is 16.2. The van der Waals surface area contributed by atoms with Gasteiger partial charge in [0.05, 0.1) is 0 Å². The molecular formula is C14H25N5O. The second-order valence-corrected chi connectivity index (χ2v) is 5.41. The molecule has 6 heteroatoms. The fraction of sp³-hybridized carbons (Fsp3) is 0.786. The van der Waals surface area contributed by atoms with Gasteiger partial charge in [-0.05, 0) is 39.3 Å². The van der Waals surface area contributed by atoms with E-state index >= 15 is 0 Å². The van der Waals surface area contributed by atoms with Gasteiger partial charge in [-0.2, -0.15) is 9.78 Å². The lowest BCUT2D eigenvalue weighted by molar-refractivity contribution is 0.0116. The molecule has 2 fully saturated rings. The highest BCUT2D eigenvalue weighted by molar-refractivity contribution is 5.77. The van der Waals surface area contributed by atoms with Crippen LogP contribution in [0.15, 0.2) is 12.7 Å². The van der Waals surface area contributed by atoms with E-state index in [1.165, 1.54) is 17.3 Å². The quantitative estimate of drug-likeness (QED) is 0.727. The fourth-order valence-corrected chi connectivity index (χ4v) is 3.10. The number of amides is 1. The molecule has 0 bridgehead atoms. The summed E-state index contributed by atoms with van der Waals surface area (Å²) in [6.45, 7) is 7.05. The minimum Gasteiger partial charge on any atom is -0.317 e. The van der Waals surface area contributed by atoms with Crippen LogP contribution in [-0.2, 0) is 0 Å². The standard InChI is InChI=1S/C12H19N5O.C2H6/c1-15-6-2-3-12(4-7-15)5-8-16(12)11(18)17-10-13-9-14-17;1-2/h9-10H,2-8H2,1H3;1-2H3. The van der Waals surface area contributed by atoms with Crippen molar-refractivity contribution in [1.82, 2.24) is 24.6 Å². The van der Waals surface area contributed by atoms with Crippen molar-refractivity contribution >= 4 is 6.03 Å². The molecule has 1 atom stereocenters. The minimum atomic E-state index is -0.0247. The Balaban J connectivity index is 0.000000704. The number of nitrogens with zero attached hydrogens (tertiary/aromatic N) is 5. The van der Waals surface area contributed by atoms with Crippen molar-refractivity contribution in [3.63, 3.8) is 0 Å². The lowest BCUT2D eigenvalue weighted by atomic mass is 9.78. The van der Waals surface area contributed by atoms with E-state index in [1.807, 2.05) is 18.7 Å². The van der Waals surface area contributed by atoms with Crippen molar-refractivity contribution in [1.29, 1.82) is 0 Å². The third kappa shape index (κ3) is 2.70. The molecule has 112 valence electrons. The zero-order chi connectivity index (χ0) is 14.6. The van der Waals surface area contributed by atoms with Crippen molar-refractivity contribution in [2.75, 3.05) is 26.7 Å². The second-order valence-electron chi connectivity index (χ2n) is 5.41. The summed E-state index contributed by atoms with van der Waals surface area (Å²) < 4.78 is 1.34. The molecule has 6 nitrogen and oxygen atoms in total. The third-order valence-electron chi connectivity index (χ3n) is 4.36. The molecule has 2 aliphatic rings. The summed E-state index contributed by atoms with van der Waals surface area (Å²) in [5, 5.41) is 3.94. The molecule has 0 N–H and O–H groups in total. The van der Waals surface area contributed by atoms with Crippen molar-refractivity contribution in [2.24, 2.45) is 0 Å². The Hall–Kier alpha value is -1.43. The number of hydrogen-bond donors (Lipinski definition) is 0. The highest BCUT2D eigenvalue weighted by Crippen LogP contribution is 2.40. The predicted octanol–water partition coefficient (Wildman–Crippen LogP) is 1.83. The van der Waals surface area contributed by atoms with Crippen LogP contribution in [0.2, 0.25) is 0 Å². The topological polar surface area (TPSA) is 54.3 Å². The van der Waals surface area contributed by atoms with E-state index in [9.17, 15) is 4.79 Å². The summed E-state index contributed by atoms with van der Waals surface area (Å²) in [5.41, 5.74) is 0.0772. The molecule has 3 rings (SSSR count). The van der Waals surface area contributed by atoms with E-state index < -0.39 is 0 Å². The molecule has 1 amide bonds. The van der Waals surface area contributed by atoms with Crippen molar-refractivity contribution in [3.05, 3.63) is 12.7 Å². The van der Waals surface area contributed by atoms with E-state index in [-0.39, 0.29) is 11.6 Å². The normalized spacial score (nSPS) is 26.4. The van der Waals surface area contributed by atoms with Crippen LogP contribution in [0, 0.1) is 0 Å². The number of likely N-dealkylation sites (tertiary alicyclic amines) is 2. The first kappa shape index (κ1) is 15.0. The van der Waals surface area contributed by atoms with Crippen molar-refractivity contribution in [3.8, 4) is 0 Å². The average molecular weight is 279 g/mol. The number of carbonyl (C=O) groups excluding carboxylic acids is 1. The van der Waals surface area contributed by atoms with Gasteiger partial charge in [0.25, 0.3) is 0 Å². The largest absolute Gasteiger partial charge is 0.346 e. The van der Waals surface area contributed by atoms with Gasteiger partial charge in [0.2, 0.25) is 0 Å². The SMILES string of the molecule is CC.CN1CCCC2(CC1)CCN2C(=O)n1cncn1. The molecular weight excluding hydrogens is 254 g/mol. The minimum absolute atomic E-state index is 0.0247. The van der Waals surface area contributed by atoms with Gasteiger partial charge in [0.1, 0.15) is 12.7 Å². The lowest BCUT2D eigenvalue weighted by Crippen LogP contribution is -2.63.